The average Bonchev–Trinajstić information content (AvgIpc) is 2.56. The second kappa shape index (κ2) is 4.19. The van der Waals surface area contributed by atoms with Gasteiger partial charge < -0.3 is 9.80 Å². The molecule has 2 saturated heterocycles. The van der Waals surface area contributed by atoms with Gasteiger partial charge in [0.1, 0.15) is 0 Å². The van der Waals surface area contributed by atoms with Crippen LogP contribution in [-0.4, -0.2) is 49.6 Å². The van der Waals surface area contributed by atoms with Crippen LogP contribution < -0.4 is 0 Å². The van der Waals surface area contributed by atoms with Gasteiger partial charge in [-0.25, -0.2) is 0 Å². The maximum Gasteiger partial charge on any atom is 0.00394 e. The van der Waals surface area contributed by atoms with Gasteiger partial charge in [0, 0.05) is 6.54 Å². The highest BCUT2D eigenvalue weighted by molar-refractivity contribution is 4.93. The first-order valence-electron chi connectivity index (χ1n) is 6.15. The van der Waals surface area contributed by atoms with Crippen LogP contribution in [-0.2, 0) is 0 Å². The summed E-state index contributed by atoms with van der Waals surface area (Å²) in [5, 5.41) is 0. The highest BCUT2D eigenvalue weighted by Gasteiger charge is 2.39. The predicted molar refractivity (Wildman–Crippen MR) is 60.5 cm³/mol. The maximum absolute atomic E-state index is 2.67. The summed E-state index contributed by atoms with van der Waals surface area (Å²) in [5.74, 6) is 0. The first-order chi connectivity index (χ1) is 6.74. The van der Waals surface area contributed by atoms with E-state index in [0.29, 0.717) is 5.41 Å². The lowest BCUT2D eigenvalue weighted by Crippen LogP contribution is -2.39. The third kappa shape index (κ3) is 2.12. The zero-order valence-corrected chi connectivity index (χ0v) is 9.76. The largest absolute Gasteiger partial charge is 0.306 e. The van der Waals surface area contributed by atoms with Crippen molar-refractivity contribution in [2.45, 2.75) is 32.6 Å². The Labute approximate surface area is 88.3 Å². The number of nitrogens with zero attached hydrogens (tertiary/aromatic N) is 2. The summed E-state index contributed by atoms with van der Waals surface area (Å²) >= 11 is 0. The molecular weight excluding hydrogens is 172 g/mol. The molecule has 2 nitrogen and oxygen atoms in total. The molecule has 0 aliphatic carbocycles. The lowest BCUT2D eigenvalue weighted by atomic mass is 9.78. The summed E-state index contributed by atoms with van der Waals surface area (Å²) in [5.41, 5.74) is 0.710. The molecule has 82 valence electrons. The molecule has 1 spiro atoms. The molecule has 0 bridgehead atoms. The molecule has 2 heterocycles. The van der Waals surface area contributed by atoms with E-state index in [1.807, 2.05) is 0 Å². The predicted octanol–water partition coefficient (Wildman–Crippen LogP) is 1.81. The Balaban J connectivity index is 1.86. The summed E-state index contributed by atoms with van der Waals surface area (Å²) in [7, 11) is 2.26. The molecule has 2 aliphatic rings. The second-order valence-electron chi connectivity index (χ2n) is 5.33. The minimum Gasteiger partial charge on any atom is -0.306 e. The molecule has 2 rings (SSSR count). The van der Waals surface area contributed by atoms with Crippen LogP contribution in [0.5, 0.6) is 0 Å². The van der Waals surface area contributed by atoms with E-state index >= 15 is 0 Å². The van der Waals surface area contributed by atoms with Crippen molar-refractivity contribution in [3.05, 3.63) is 0 Å². The van der Waals surface area contributed by atoms with Crippen LogP contribution in [0.4, 0.5) is 0 Å². The fourth-order valence-corrected chi connectivity index (χ4v) is 3.04. The van der Waals surface area contributed by atoms with Gasteiger partial charge in [0.25, 0.3) is 0 Å². The molecule has 0 N–H and O–H groups in total. The summed E-state index contributed by atoms with van der Waals surface area (Å²) in [6, 6.07) is 0. The number of hydrogen-bond donors (Lipinski definition) is 0. The number of rotatable bonds is 2. The average molecular weight is 196 g/mol. The van der Waals surface area contributed by atoms with Crippen molar-refractivity contribution in [1.82, 2.24) is 9.80 Å². The van der Waals surface area contributed by atoms with Crippen molar-refractivity contribution in [2.24, 2.45) is 5.41 Å². The fraction of sp³-hybridized carbons (Fsp3) is 1.00. The monoisotopic (exact) mass is 196 g/mol. The SMILES string of the molecule is CCCN1CCC2(CCN(C)CC2)C1. The van der Waals surface area contributed by atoms with Crippen molar-refractivity contribution >= 4 is 0 Å². The van der Waals surface area contributed by atoms with Gasteiger partial charge in [0.2, 0.25) is 0 Å². The van der Waals surface area contributed by atoms with Gasteiger partial charge in [-0.2, -0.15) is 0 Å². The standard InChI is InChI=1S/C12H24N2/c1-3-7-14-10-6-12(11-14)4-8-13(2)9-5-12/h3-11H2,1-2H3. The molecule has 0 aromatic rings. The molecule has 0 aromatic heterocycles. The van der Waals surface area contributed by atoms with E-state index in [9.17, 15) is 0 Å². The van der Waals surface area contributed by atoms with Crippen LogP contribution in [0.25, 0.3) is 0 Å². The molecule has 2 aliphatic heterocycles. The molecule has 0 amide bonds. The Morgan fingerprint density at radius 1 is 1.07 bits per heavy atom. The van der Waals surface area contributed by atoms with Crippen molar-refractivity contribution in [3.63, 3.8) is 0 Å². The smallest absolute Gasteiger partial charge is 0.00394 e. The minimum atomic E-state index is 0.710. The number of piperidine rings is 1. The number of hydrogen-bond acceptors (Lipinski definition) is 2. The molecule has 0 radical (unpaired) electrons. The second-order valence-corrected chi connectivity index (χ2v) is 5.33. The third-order valence-corrected chi connectivity index (χ3v) is 4.10. The zero-order chi connectivity index (χ0) is 10.0. The highest BCUT2D eigenvalue weighted by atomic mass is 15.2. The summed E-state index contributed by atoms with van der Waals surface area (Å²) in [6.45, 7) is 8.99. The molecule has 14 heavy (non-hydrogen) atoms. The molecule has 0 aromatic carbocycles. The van der Waals surface area contributed by atoms with Crippen LogP contribution in [0.1, 0.15) is 32.6 Å². The van der Waals surface area contributed by atoms with Gasteiger partial charge in [-0.15, -0.1) is 0 Å². The van der Waals surface area contributed by atoms with Crippen LogP contribution in [0.2, 0.25) is 0 Å². The van der Waals surface area contributed by atoms with Crippen LogP contribution in [0.15, 0.2) is 0 Å². The topological polar surface area (TPSA) is 6.48 Å². The maximum atomic E-state index is 2.67. The Bertz CT molecular complexity index is 183. The molecule has 2 heteroatoms. The molecular formula is C12H24N2. The van der Waals surface area contributed by atoms with Crippen LogP contribution in [0.3, 0.4) is 0 Å². The van der Waals surface area contributed by atoms with Crippen molar-refractivity contribution in [2.75, 3.05) is 39.8 Å². The van der Waals surface area contributed by atoms with Gasteiger partial charge in [0.15, 0.2) is 0 Å². The van der Waals surface area contributed by atoms with Crippen LogP contribution >= 0.6 is 0 Å². The van der Waals surface area contributed by atoms with Gasteiger partial charge in [-0.1, -0.05) is 6.92 Å². The van der Waals surface area contributed by atoms with Gasteiger partial charge in [0.05, 0.1) is 0 Å². The van der Waals surface area contributed by atoms with Crippen molar-refractivity contribution < 1.29 is 0 Å². The molecule has 0 unspecified atom stereocenters. The van der Waals surface area contributed by atoms with Gasteiger partial charge in [-0.05, 0) is 64.3 Å². The fourth-order valence-electron chi connectivity index (χ4n) is 3.04. The summed E-state index contributed by atoms with van der Waals surface area (Å²) < 4.78 is 0. The normalized spacial score (nSPS) is 28.7. The van der Waals surface area contributed by atoms with Gasteiger partial charge in [-0.3, -0.25) is 0 Å². The van der Waals surface area contributed by atoms with E-state index in [1.54, 1.807) is 0 Å². The van der Waals surface area contributed by atoms with Crippen molar-refractivity contribution in [1.29, 1.82) is 0 Å². The summed E-state index contributed by atoms with van der Waals surface area (Å²) in [4.78, 5) is 5.15. The third-order valence-electron chi connectivity index (χ3n) is 4.10. The van der Waals surface area contributed by atoms with E-state index in [2.05, 4.69) is 23.8 Å². The van der Waals surface area contributed by atoms with E-state index in [1.165, 1.54) is 58.4 Å². The zero-order valence-electron chi connectivity index (χ0n) is 9.76. The minimum absolute atomic E-state index is 0.710. The Morgan fingerprint density at radius 2 is 1.71 bits per heavy atom. The van der Waals surface area contributed by atoms with Crippen LogP contribution in [0, 0.1) is 5.41 Å². The number of likely N-dealkylation sites (tertiary alicyclic amines) is 2. The Kier molecular flexibility index (Phi) is 3.13. The molecule has 0 atom stereocenters. The van der Waals surface area contributed by atoms with E-state index < -0.39 is 0 Å². The first-order valence-corrected chi connectivity index (χ1v) is 6.15. The lowest BCUT2D eigenvalue weighted by Gasteiger charge is -2.37. The van der Waals surface area contributed by atoms with E-state index in [4.69, 9.17) is 0 Å². The van der Waals surface area contributed by atoms with E-state index in [-0.39, 0.29) is 0 Å². The van der Waals surface area contributed by atoms with E-state index in [0.717, 1.165) is 0 Å². The Morgan fingerprint density at radius 3 is 2.36 bits per heavy atom. The Hall–Kier alpha value is -0.0800. The van der Waals surface area contributed by atoms with Gasteiger partial charge >= 0.3 is 0 Å². The first kappa shape index (κ1) is 10.4. The van der Waals surface area contributed by atoms with Crippen molar-refractivity contribution in [3.8, 4) is 0 Å². The summed E-state index contributed by atoms with van der Waals surface area (Å²) in [6.07, 6.45) is 5.64. The molecule has 2 fully saturated rings. The molecule has 0 saturated carbocycles. The quantitative estimate of drug-likeness (QED) is 0.664. The highest BCUT2D eigenvalue weighted by Crippen LogP contribution is 2.39. The lowest BCUT2D eigenvalue weighted by molar-refractivity contribution is 0.126.